The van der Waals surface area contributed by atoms with Gasteiger partial charge in [-0.1, -0.05) is 17.7 Å². The van der Waals surface area contributed by atoms with Crippen LogP contribution in [-0.4, -0.2) is 54.3 Å². The number of ether oxygens (including phenoxy) is 3. The number of fused-ring (bicyclic) bond motifs is 1. The Hall–Kier alpha value is -3.37. The van der Waals surface area contributed by atoms with Gasteiger partial charge in [-0.2, -0.15) is 0 Å². The summed E-state index contributed by atoms with van der Waals surface area (Å²) in [7, 11) is 1.51. The third-order valence-corrected chi connectivity index (χ3v) is 6.81. The smallest absolute Gasteiger partial charge is 0.277 e. The number of carbonyl (C=O) groups excluding carboxylic acids is 1. The van der Waals surface area contributed by atoms with Crippen LogP contribution in [-0.2, 0) is 11.2 Å². The summed E-state index contributed by atoms with van der Waals surface area (Å²) in [6, 6.07) is 6.88. The Morgan fingerprint density at radius 2 is 2.16 bits per heavy atom. The van der Waals surface area contributed by atoms with Crippen LogP contribution in [0.3, 0.4) is 0 Å². The molecule has 196 valence electrons. The predicted molar refractivity (Wildman–Crippen MR) is 135 cm³/mol. The van der Waals surface area contributed by atoms with Crippen LogP contribution in [0, 0.1) is 0 Å². The molecule has 0 saturated carbocycles. The largest absolute Gasteiger partial charge is 0.493 e. The van der Waals surface area contributed by atoms with Crippen molar-refractivity contribution in [3.05, 3.63) is 52.9 Å². The third-order valence-electron chi connectivity index (χ3n) is 6.51. The lowest BCUT2D eigenvalue weighted by atomic mass is 10.0. The Labute approximate surface area is 217 Å². The Morgan fingerprint density at radius 1 is 1.32 bits per heavy atom. The van der Waals surface area contributed by atoms with Gasteiger partial charge in [0.15, 0.2) is 11.9 Å². The zero-order valence-corrected chi connectivity index (χ0v) is 21.1. The van der Waals surface area contributed by atoms with E-state index in [1.807, 2.05) is 6.92 Å². The molecule has 0 aliphatic carbocycles. The number of aromatic nitrogens is 2. The molecule has 0 radical (unpaired) electrons. The van der Waals surface area contributed by atoms with E-state index in [0.717, 1.165) is 5.69 Å². The highest BCUT2D eigenvalue weighted by Gasteiger charge is 2.43. The molecule has 0 spiro atoms. The summed E-state index contributed by atoms with van der Waals surface area (Å²) >= 11 is 6.33. The predicted octanol–water partition coefficient (Wildman–Crippen LogP) is 5.35. The first-order chi connectivity index (χ1) is 17.8. The number of hydrogen-bond donors (Lipinski definition) is 3. The summed E-state index contributed by atoms with van der Waals surface area (Å²) in [5, 5.41) is 6.67. The van der Waals surface area contributed by atoms with E-state index in [0.29, 0.717) is 51.8 Å². The van der Waals surface area contributed by atoms with E-state index >= 15 is 0 Å². The van der Waals surface area contributed by atoms with Crippen LogP contribution in [0.4, 0.5) is 20.2 Å². The molecular formula is C26H27ClF2N4O4. The van der Waals surface area contributed by atoms with Crippen molar-refractivity contribution in [2.24, 2.45) is 0 Å². The molecule has 11 heteroatoms. The first-order valence-corrected chi connectivity index (χ1v) is 12.4. The molecule has 0 bridgehead atoms. The lowest BCUT2D eigenvalue weighted by Crippen LogP contribution is -2.44. The number of carbonyl (C=O) groups is 1. The molecule has 2 atom stereocenters. The van der Waals surface area contributed by atoms with Crippen molar-refractivity contribution in [3.8, 4) is 22.8 Å². The van der Waals surface area contributed by atoms with Crippen molar-refractivity contribution in [1.82, 2.24) is 15.3 Å². The number of H-pyrrole nitrogens is 1. The lowest BCUT2D eigenvalue weighted by Gasteiger charge is -2.31. The van der Waals surface area contributed by atoms with Crippen LogP contribution in [0.2, 0.25) is 5.02 Å². The first-order valence-electron chi connectivity index (χ1n) is 12.0. The molecule has 1 saturated heterocycles. The number of benzene rings is 1. The van der Waals surface area contributed by atoms with Gasteiger partial charge in [-0.05, 0) is 31.5 Å². The van der Waals surface area contributed by atoms with Crippen LogP contribution in [0.1, 0.15) is 35.8 Å². The topological polar surface area (TPSA) is 97.5 Å². The highest BCUT2D eigenvalue weighted by Crippen LogP contribution is 2.43. The number of pyridine rings is 1. The Kier molecular flexibility index (Phi) is 6.96. The van der Waals surface area contributed by atoms with Gasteiger partial charge in [-0.25, -0.2) is 8.78 Å². The highest BCUT2D eigenvalue weighted by molar-refractivity contribution is 6.32. The summed E-state index contributed by atoms with van der Waals surface area (Å²) in [5.74, 6) is -2.53. The van der Waals surface area contributed by atoms with Crippen LogP contribution >= 0.6 is 11.6 Å². The highest BCUT2D eigenvalue weighted by atomic mass is 35.5. The standard InChI is InChI=1S/C26H27ClF2N4O4/c1-14-11-18-21(25(34)31-14)23(32-17-6-3-5-16(27)24(17)35-2)22(33-18)15-7-9-30-12-19(15)37-13-20-26(28,29)8-4-10-36-20/h3,5-7,9,12,14,20,32-33H,4,8,10-11,13H2,1-2H3,(H,31,34)/t14-,20?/m1/s1. The van der Waals surface area contributed by atoms with Crippen molar-refractivity contribution in [2.75, 3.05) is 25.6 Å². The van der Waals surface area contributed by atoms with Gasteiger partial charge in [0, 0.05) is 42.9 Å². The minimum Gasteiger partial charge on any atom is -0.493 e. The monoisotopic (exact) mass is 532 g/mol. The van der Waals surface area contributed by atoms with E-state index in [-0.39, 0.29) is 37.3 Å². The number of nitrogens with one attached hydrogen (secondary N) is 3. The van der Waals surface area contributed by atoms with Gasteiger partial charge in [0.05, 0.1) is 41.0 Å². The molecule has 2 aliphatic heterocycles. The number of anilines is 2. The average Bonchev–Trinajstić information content (AvgIpc) is 3.21. The van der Waals surface area contributed by atoms with E-state index < -0.39 is 12.0 Å². The van der Waals surface area contributed by atoms with Crippen LogP contribution in [0.15, 0.2) is 36.7 Å². The molecular weight excluding hydrogens is 506 g/mol. The third kappa shape index (κ3) is 4.95. The Bertz CT molecular complexity index is 1320. The van der Waals surface area contributed by atoms with Crippen molar-refractivity contribution in [1.29, 1.82) is 0 Å². The number of alkyl halides is 2. The number of rotatable bonds is 7. The molecule has 1 amide bonds. The maximum atomic E-state index is 14.3. The van der Waals surface area contributed by atoms with E-state index in [1.165, 1.54) is 13.3 Å². The fraction of sp³-hybridized carbons (Fsp3) is 0.385. The van der Waals surface area contributed by atoms with Crippen molar-refractivity contribution in [3.63, 3.8) is 0 Å². The molecule has 8 nitrogen and oxygen atoms in total. The number of nitrogens with zero attached hydrogens (tertiary/aromatic N) is 1. The zero-order valence-electron chi connectivity index (χ0n) is 20.4. The summed E-state index contributed by atoms with van der Waals surface area (Å²) in [6.45, 7) is 1.84. The SMILES string of the molecule is COc1c(Cl)cccc1Nc1c(-c2ccncc2OCC2OCCCC2(F)F)[nH]c2c1C(=O)N[C@H](C)C2. The Morgan fingerprint density at radius 3 is 2.95 bits per heavy atom. The van der Waals surface area contributed by atoms with Crippen LogP contribution in [0.25, 0.3) is 11.3 Å². The quantitative estimate of drug-likeness (QED) is 0.379. The molecule has 2 aromatic heterocycles. The number of amides is 1. The maximum absolute atomic E-state index is 14.3. The molecule has 3 N–H and O–H groups in total. The number of para-hydroxylation sites is 1. The van der Waals surface area contributed by atoms with Crippen LogP contribution in [0.5, 0.6) is 11.5 Å². The van der Waals surface area contributed by atoms with Gasteiger partial charge < -0.3 is 29.8 Å². The molecule has 3 aromatic rings. The Balaban J connectivity index is 1.56. The van der Waals surface area contributed by atoms with Crippen molar-refractivity contribution in [2.45, 2.75) is 44.3 Å². The van der Waals surface area contributed by atoms with Crippen molar-refractivity contribution < 1.29 is 27.8 Å². The van der Waals surface area contributed by atoms with Gasteiger partial charge >= 0.3 is 0 Å². The van der Waals surface area contributed by atoms with Gasteiger partial charge in [0.1, 0.15) is 12.4 Å². The van der Waals surface area contributed by atoms with Crippen molar-refractivity contribution >= 4 is 28.9 Å². The van der Waals surface area contributed by atoms with E-state index in [4.69, 9.17) is 25.8 Å². The summed E-state index contributed by atoms with van der Waals surface area (Å²) in [6.07, 6.45) is 2.31. The zero-order chi connectivity index (χ0) is 26.2. The summed E-state index contributed by atoms with van der Waals surface area (Å²) in [4.78, 5) is 20.6. The number of hydrogen-bond acceptors (Lipinski definition) is 6. The van der Waals surface area contributed by atoms with Gasteiger partial charge in [0.25, 0.3) is 11.8 Å². The molecule has 1 aromatic carbocycles. The minimum atomic E-state index is -2.98. The molecule has 5 rings (SSSR count). The molecule has 37 heavy (non-hydrogen) atoms. The number of aromatic amines is 1. The molecule has 2 aliphatic rings. The lowest BCUT2D eigenvalue weighted by molar-refractivity contribution is -0.180. The van der Waals surface area contributed by atoms with Gasteiger partial charge in [-0.3, -0.25) is 9.78 Å². The molecule has 1 unspecified atom stereocenters. The second kappa shape index (κ2) is 10.2. The number of halogens is 3. The molecule has 4 heterocycles. The fourth-order valence-electron chi connectivity index (χ4n) is 4.74. The first kappa shape index (κ1) is 25.3. The second-order valence-electron chi connectivity index (χ2n) is 9.16. The maximum Gasteiger partial charge on any atom is 0.277 e. The average molecular weight is 533 g/mol. The minimum absolute atomic E-state index is 0.0705. The van der Waals surface area contributed by atoms with E-state index in [9.17, 15) is 13.6 Å². The molecule has 1 fully saturated rings. The summed E-state index contributed by atoms with van der Waals surface area (Å²) in [5.41, 5.74) is 3.31. The van der Waals surface area contributed by atoms with Gasteiger partial charge in [-0.15, -0.1) is 0 Å². The normalized spacial score (nSPS) is 20.6. The second-order valence-corrected chi connectivity index (χ2v) is 9.57. The number of methoxy groups -OCH3 is 1. The van der Waals surface area contributed by atoms with E-state index in [2.05, 4.69) is 20.6 Å². The van der Waals surface area contributed by atoms with Gasteiger partial charge in [0.2, 0.25) is 0 Å². The van der Waals surface area contributed by atoms with E-state index in [1.54, 1.807) is 30.5 Å². The van der Waals surface area contributed by atoms with Crippen LogP contribution < -0.4 is 20.1 Å². The summed E-state index contributed by atoms with van der Waals surface area (Å²) < 4.78 is 45.3. The fourth-order valence-corrected chi connectivity index (χ4v) is 4.99.